The van der Waals surface area contributed by atoms with Gasteiger partial charge in [-0.1, -0.05) is 23.2 Å². The Kier molecular flexibility index (Phi) is 2.70. The average Bonchev–Trinajstić information content (AvgIpc) is 1.99. The molecule has 0 spiro atoms. The van der Waals surface area contributed by atoms with Crippen molar-refractivity contribution in [1.82, 2.24) is 0 Å². The van der Waals surface area contributed by atoms with Crippen molar-refractivity contribution in [2.75, 3.05) is 0 Å². The van der Waals surface area contributed by atoms with Gasteiger partial charge >= 0.3 is 0 Å². The van der Waals surface area contributed by atoms with Crippen LogP contribution >= 0.6 is 23.2 Å². The van der Waals surface area contributed by atoms with Crippen LogP contribution in [0.4, 0.5) is 4.39 Å². The number of hydrogen-bond donors (Lipinski definition) is 1. The predicted molar refractivity (Wildman–Crippen MR) is 48.1 cm³/mol. The fourth-order valence-electron chi connectivity index (χ4n) is 0.783. The maximum atomic E-state index is 12.9. The van der Waals surface area contributed by atoms with E-state index in [4.69, 9.17) is 28.6 Å². The van der Waals surface area contributed by atoms with Crippen molar-refractivity contribution in [1.29, 1.82) is 0 Å². The van der Waals surface area contributed by atoms with Crippen LogP contribution in [-0.2, 0) is 0 Å². The Hall–Kier alpha value is -0.600. The highest BCUT2D eigenvalue weighted by Gasteiger charge is 2.09. The Bertz CT molecular complexity index is 313. The molecule has 0 atom stereocenters. The summed E-state index contributed by atoms with van der Waals surface area (Å²) in [7, 11) is 0. The molecule has 0 aliphatic rings. The molecule has 0 fully saturated rings. The van der Waals surface area contributed by atoms with E-state index in [1.165, 1.54) is 12.1 Å². The van der Waals surface area contributed by atoms with Gasteiger partial charge in [-0.2, -0.15) is 0 Å². The molecule has 64 valence electrons. The third-order valence-electron chi connectivity index (χ3n) is 1.44. The van der Waals surface area contributed by atoms with Crippen molar-refractivity contribution in [3.05, 3.63) is 33.6 Å². The van der Waals surface area contributed by atoms with Crippen molar-refractivity contribution in [3.8, 4) is 0 Å². The second-order valence-electron chi connectivity index (χ2n) is 2.44. The monoisotopic (exact) mass is 206 g/mol. The molecule has 1 aromatic rings. The molecule has 0 aliphatic carbocycles. The van der Waals surface area contributed by atoms with E-state index in [0.717, 1.165) is 0 Å². The lowest BCUT2D eigenvalue weighted by molar-refractivity contribution is -0.113. The van der Waals surface area contributed by atoms with Gasteiger partial charge in [-0.05, 0) is 12.1 Å². The maximum Gasteiger partial charge on any atom is 0.177 e. The maximum absolute atomic E-state index is 12.9. The Morgan fingerprint density at radius 3 is 2.08 bits per heavy atom. The van der Waals surface area contributed by atoms with E-state index in [-0.39, 0.29) is 10.0 Å². The third kappa shape index (κ3) is 1.76. The molecule has 1 nitrogen and oxygen atoms in total. The Labute approximate surface area is 79.6 Å². The third-order valence-corrected chi connectivity index (χ3v) is 1.99. The summed E-state index contributed by atoms with van der Waals surface area (Å²) in [5, 5.41) is 5.45. The van der Waals surface area contributed by atoms with Crippen LogP contribution in [0.15, 0.2) is 12.1 Å². The second-order valence-corrected chi connectivity index (χ2v) is 3.25. The molecular formula is C8H7Cl2FN+. The number of rotatable bonds is 1. The fourth-order valence-corrected chi connectivity index (χ4v) is 1.27. The minimum absolute atomic E-state index is 0.0118. The minimum atomic E-state index is -0.608. The standard InChI is InChI=1S/C8H6Cl2FN/c1-4(12)5-2-6(9)8(11)7(10)3-5/h2-3,12H,1H3/p+1. The topological polar surface area (TPSA) is 25.6 Å². The van der Waals surface area contributed by atoms with Crippen LogP contribution in [-0.4, -0.2) is 5.71 Å². The lowest BCUT2D eigenvalue weighted by Gasteiger charge is -1.99. The van der Waals surface area contributed by atoms with Crippen LogP contribution < -0.4 is 5.41 Å². The molecule has 0 unspecified atom stereocenters. The van der Waals surface area contributed by atoms with E-state index in [1.807, 2.05) is 0 Å². The highest BCUT2D eigenvalue weighted by Crippen LogP contribution is 2.24. The molecule has 0 heterocycles. The molecule has 0 aromatic heterocycles. The van der Waals surface area contributed by atoms with E-state index < -0.39 is 5.82 Å². The van der Waals surface area contributed by atoms with Gasteiger partial charge in [0.15, 0.2) is 11.5 Å². The summed E-state index contributed by atoms with van der Waals surface area (Å²) < 4.78 is 12.9. The lowest BCUT2D eigenvalue weighted by atomic mass is 10.1. The molecule has 0 bridgehead atoms. The summed E-state index contributed by atoms with van der Waals surface area (Å²) in [6.45, 7) is 1.69. The first-order chi connectivity index (χ1) is 5.52. The Balaban J connectivity index is 3.31. The van der Waals surface area contributed by atoms with Gasteiger partial charge in [0.2, 0.25) is 0 Å². The van der Waals surface area contributed by atoms with E-state index >= 15 is 0 Å². The number of halogens is 3. The van der Waals surface area contributed by atoms with Crippen LogP contribution in [0, 0.1) is 5.82 Å². The molecule has 2 N–H and O–H groups in total. The number of benzene rings is 1. The SMILES string of the molecule is CC(=[NH2+])c1cc(Cl)c(F)c(Cl)c1. The van der Waals surface area contributed by atoms with E-state index in [1.54, 1.807) is 6.92 Å². The first kappa shape index (κ1) is 9.49. The van der Waals surface area contributed by atoms with Crippen LogP contribution in [0.1, 0.15) is 12.5 Å². The lowest BCUT2D eigenvalue weighted by Crippen LogP contribution is -2.38. The molecule has 0 radical (unpaired) electrons. The first-order valence-corrected chi connectivity index (χ1v) is 4.02. The normalized spacial score (nSPS) is 10.0. The summed E-state index contributed by atoms with van der Waals surface area (Å²) in [5.41, 5.74) is 1.20. The van der Waals surface area contributed by atoms with Crippen molar-refractivity contribution in [3.63, 3.8) is 0 Å². The van der Waals surface area contributed by atoms with Crippen LogP contribution in [0.5, 0.6) is 0 Å². The quantitative estimate of drug-likeness (QED) is 0.535. The molecule has 0 saturated carbocycles. The first-order valence-electron chi connectivity index (χ1n) is 3.26. The van der Waals surface area contributed by atoms with Crippen LogP contribution in [0.2, 0.25) is 10.0 Å². The molecular weight excluding hydrogens is 200 g/mol. The van der Waals surface area contributed by atoms with Gasteiger partial charge in [0, 0.05) is 12.5 Å². The number of hydrogen-bond acceptors (Lipinski definition) is 0. The predicted octanol–water partition coefficient (Wildman–Crippen LogP) is 1.70. The highest BCUT2D eigenvalue weighted by molar-refractivity contribution is 6.35. The van der Waals surface area contributed by atoms with Crippen molar-refractivity contribution in [2.24, 2.45) is 0 Å². The smallest absolute Gasteiger partial charge is 0.177 e. The van der Waals surface area contributed by atoms with Crippen molar-refractivity contribution >= 4 is 28.9 Å². The van der Waals surface area contributed by atoms with Crippen LogP contribution in [0.25, 0.3) is 0 Å². The zero-order valence-corrected chi connectivity index (χ0v) is 7.88. The van der Waals surface area contributed by atoms with Gasteiger partial charge in [-0.3, -0.25) is 5.41 Å². The summed E-state index contributed by atoms with van der Waals surface area (Å²) in [6, 6.07) is 2.89. The average molecular weight is 207 g/mol. The summed E-state index contributed by atoms with van der Waals surface area (Å²) in [5.74, 6) is -0.608. The molecule has 0 aliphatic heterocycles. The van der Waals surface area contributed by atoms with Crippen molar-refractivity contribution in [2.45, 2.75) is 6.92 Å². The van der Waals surface area contributed by atoms with Gasteiger partial charge in [0.25, 0.3) is 0 Å². The van der Waals surface area contributed by atoms with Crippen molar-refractivity contribution < 1.29 is 9.80 Å². The second kappa shape index (κ2) is 3.42. The Morgan fingerprint density at radius 2 is 1.75 bits per heavy atom. The zero-order chi connectivity index (χ0) is 9.30. The largest absolute Gasteiger partial charge is 0.258 e. The fraction of sp³-hybridized carbons (Fsp3) is 0.125. The Morgan fingerprint density at radius 1 is 1.33 bits per heavy atom. The van der Waals surface area contributed by atoms with Gasteiger partial charge in [-0.25, -0.2) is 4.39 Å². The minimum Gasteiger partial charge on any atom is -0.258 e. The van der Waals surface area contributed by atoms with Gasteiger partial charge in [-0.15, -0.1) is 0 Å². The molecule has 1 rings (SSSR count). The summed E-state index contributed by atoms with van der Waals surface area (Å²) in [4.78, 5) is 0. The molecule has 0 amide bonds. The van der Waals surface area contributed by atoms with Gasteiger partial charge < -0.3 is 0 Å². The zero-order valence-electron chi connectivity index (χ0n) is 6.37. The highest BCUT2D eigenvalue weighted by atomic mass is 35.5. The molecule has 0 saturated heterocycles. The van der Waals surface area contributed by atoms with E-state index in [9.17, 15) is 4.39 Å². The molecule has 1 aromatic carbocycles. The van der Waals surface area contributed by atoms with Gasteiger partial charge in [0.1, 0.15) is 0 Å². The summed E-state index contributed by atoms with van der Waals surface area (Å²) >= 11 is 11.1. The van der Waals surface area contributed by atoms with Gasteiger partial charge in [0.05, 0.1) is 10.0 Å². The molecule has 12 heavy (non-hydrogen) atoms. The summed E-state index contributed by atoms with van der Waals surface area (Å²) in [6.07, 6.45) is 0. The van der Waals surface area contributed by atoms with Crippen LogP contribution in [0.3, 0.4) is 0 Å². The molecule has 4 heteroatoms. The number of nitrogens with two attached hydrogens (primary N) is 1. The van der Waals surface area contributed by atoms with E-state index in [0.29, 0.717) is 11.3 Å². The van der Waals surface area contributed by atoms with E-state index in [2.05, 4.69) is 0 Å².